The Labute approximate surface area is 169 Å². The third-order valence-corrected chi connectivity index (χ3v) is 6.30. The van der Waals surface area contributed by atoms with Crippen LogP contribution in [0.3, 0.4) is 0 Å². The first kappa shape index (κ1) is 22.5. The van der Waals surface area contributed by atoms with Crippen molar-refractivity contribution >= 4 is 21.9 Å². The van der Waals surface area contributed by atoms with E-state index in [-0.39, 0.29) is 10.9 Å². The molecule has 1 amide bonds. The molecular formula is C20H23FN2O5S. The van der Waals surface area contributed by atoms with E-state index >= 15 is 0 Å². The van der Waals surface area contributed by atoms with E-state index in [1.165, 1.54) is 11.9 Å². The lowest BCUT2D eigenvalue weighted by Gasteiger charge is -2.25. The van der Waals surface area contributed by atoms with Crippen LogP contribution < -0.4 is 0 Å². The van der Waals surface area contributed by atoms with Crippen LogP contribution in [0.4, 0.5) is 4.39 Å². The minimum absolute atomic E-state index is 0.151. The second kappa shape index (κ2) is 9.62. The highest BCUT2D eigenvalue weighted by atomic mass is 32.2. The maximum atomic E-state index is 13.0. The van der Waals surface area contributed by atoms with Crippen LogP contribution in [0.5, 0.6) is 0 Å². The van der Waals surface area contributed by atoms with Crippen molar-refractivity contribution in [3.05, 3.63) is 66.0 Å². The number of esters is 1. The lowest BCUT2D eigenvalue weighted by Crippen LogP contribution is -2.36. The van der Waals surface area contributed by atoms with Gasteiger partial charge in [0.2, 0.25) is 10.0 Å². The fourth-order valence-corrected chi connectivity index (χ4v) is 3.63. The summed E-state index contributed by atoms with van der Waals surface area (Å²) < 4.78 is 43.5. The van der Waals surface area contributed by atoms with E-state index in [0.717, 1.165) is 34.1 Å². The van der Waals surface area contributed by atoms with Crippen LogP contribution in [0.25, 0.3) is 0 Å². The molecule has 29 heavy (non-hydrogen) atoms. The maximum absolute atomic E-state index is 13.0. The third-order valence-electron chi connectivity index (χ3n) is 4.49. The molecule has 0 aliphatic carbocycles. The first-order chi connectivity index (χ1) is 13.6. The molecule has 156 valence electrons. The summed E-state index contributed by atoms with van der Waals surface area (Å²) in [4.78, 5) is 25.6. The summed E-state index contributed by atoms with van der Waals surface area (Å²) in [6.07, 6.45) is 0. The predicted molar refractivity (Wildman–Crippen MR) is 105 cm³/mol. The highest BCUT2D eigenvalue weighted by molar-refractivity contribution is 7.89. The number of sulfonamides is 1. The van der Waals surface area contributed by atoms with Gasteiger partial charge in [-0.25, -0.2) is 12.8 Å². The van der Waals surface area contributed by atoms with Crippen molar-refractivity contribution in [2.75, 3.05) is 27.2 Å². The third kappa shape index (κ3) is 5.85. The second-order valence-corrected chi connectivity index (χ2v) is 8.51. The van der Waals surface area contributed by atoms with Gasteiger partial charge in [-0.15, -0.1) is 0 Å². The molecule has 2 aromatic carbocycles. The summed E-state index contributed by atoms with van der Waals surface area (Å²) in [6, 6.07) is 13.4. The lowest BCUT2D eigenvalue weighted by atomic mass is 10.1. The van der Waals surface area contributed by atoms with Crippen molar-refractivity contribution in [1.82, 2.24) is 9.21 Å². The molecule has 0 aliphatic rings. The number of carbonyl (C=O) groups is 2. The molecule has 2 rings (SSSR count). The molecule has 0 bridgehead atoms. The molecule has 7 nitrogen and oxygen atoms in total. The van der Waals surface area contributed by atoms with Crippen LogP contribution in [0.15, 0.2) is 59.5 Å². The molecule has 0 saturated heterocycles. The molecule has 0 unspecified atom stereocenters. The van der Waals surface area contributed by atoms with Gasteiger partial charge in [-0.05, 0) is 36.8 Å². The average molecular weight is 422 g/mol. The zero-order chi connectivity index (χ0) is 21.6. The van der Waals surface area contributed by atoms with Crippen LogP contribution in [0, 0.1) is 5.82 Å². The number of hydrogen-bond donors (Lipinski definition) is 0. The van der Waals surface area contributed by atoms with Gasteiger partial charge in [0.15, 0.2) is 6.61 Å². The van der Waals surface area contributed by atoms with E-state index in [2.05, 4.69) is 0 Å². The first-order valence-electron chi connectivity index (χ1n) is 8.81. The lowest BCUT2D eigenvalue weighted by molar-refractivity contribution is -0.152. The standard InChI is InChI=1S/C20H23FN2O5S/c1-15(16-7-5-4-6-8-16)23(3)19(24)14-28-20(25)13-22(2)29(26,27)18-11-9-17(21)10-12-18/h4-12,15H,13-14H2,1-3H3/t15-/m1/s1. The minimum Gasteiger partial charge on any atom is -0.455 e. The Kier molecular flexibility index (Phi) is 7.46. The van der Waals surface area contributed by atoms with E-state index in [0.29, 0.717) is 0 Å². The van der Waals surface area contributed by atoms with Gasteiger partial charge in [0.1, 0.15) is 12.4 Å². The zero-order valence-corrected chi connectivity index (χ0v) is 17.2. The Bertz CT molecular complexity index is 949. The quantitative estimate of drug-likeness (QED) is 0.609. The van der Waals surface area contributed by atoms with Crippen LogP contribution >= 0.6 is 0 Å². The number of hydrogen-bond acceptors (Lipinski definition) is 5. The van der Waals surface area contributed by atoms with E-state index in [1.807, 2.05) is 37.3 Å². The van der Waals surface area contributed by atoms with Gasteiger partial charge in [0.25, 0.3) is 5.91 Å². The summed E-state index contributed by atoms with van der Waals surface area (Å²) in [5, 5.41) is 0. The SMILES string of the molecule is C[C@H](c1ccccc1)N(C)C(=O)COC(=O)CN(C)S(=O)(=O)c1ccc(F)cc1. The maximum Gasteiger partial charge on any atom is 0.321 e. The van der Waals surface area contributed by atoms with E-state index in [1.54, 1.807) is 7.05 Å². The zero-order valence-electron chi connectivity index (χ0n) is 16.4. The summed E-state index contributed by atoms with van der Waals surface area (Å²) in [5.41, 5.74) is 0.930. The number of ether oxygens (including phenoxy) is 1. The van der Waals surface area contributed by atoms with Crippen LogP contribution in [0.2, 0.25) is 0 Å². The molecule has 0 N–H and O–H groups in total. The summed E-state index contributed by atoms with van der Waals surface area (Å²) >= 11 is 0. The van der Waals surface area contributed by atoms with Crippen molar-refractivity contribution in [3.8, 4) is 0 Å². The second-order valence-electron chi connectivity index (χ2n) is 6.47. The highest BCUT2D eigenvalue weighted by Gasteiger charge is 2.25. The van der Waals surface area contributed by atoms with Crippen LogP contribution in [-0.2, 0) is 24.3 Å². The number of nitrogens with zero attached hydrogens (tertiary/aromatic N) is 2. The fourth-order valence-electron chi connectivity index (χ4n) is 2.51. The Balaban J connectivity index is 1.90. The molecule has 9 heteroatoms. The molecule has 0 aromatic heterocycles. The predicted octanol–water partition coefficient (Wildman–Crippen LogP) is 2.21. The molecular weight excluding hydrogens is 399 g/mol. The van der Waals surface area contributed by atoms with Crippen LogP contribution in [-0.4, -0.2) is 56.7 Å². The van der Waals surface area contributed by atoms with Crippen LogP contribution in [0.1, 0.15) is 18.5 Å². The van der Waals surface area contributed by atoms with E-state index < -0.39 is 40.9 Å². The first-order valence-corrected chi connectivity index (χ1v) is 10.2. The molecule has 0 saturated carbocycles. The molecule has 0 aliphatic heterocycles. The Hall–Kier alpha value is -2.78. The minimum atomic E-state index is -3.98. The van der Waals surface area contributed by atoms with Crippen molar-refractivity contribution in [2.45, 2.75) is 17.9 Å². The van der Waals surface area contributed by atoms with Gasteiger partial charge < -0.3 is 9.64 Å². The van der Waals surface area contributed by atoms with E-state index in [4.69, 9.17) is 4.74 Å². The molecule has 0 spiro atoms. The smallest absolute Gasteiger partial charge is 0.321 e. The van der Waals surface area contributed by atoms with E-state index in [9.17, 15) is 22.4 Å². The topological polar surface area (TPSA) is 84.0 Å². The normalized spacial score (nSPS) is 12.4. The summed E-state index contributed by atoms with van der Waals surface area (Å²) in [5.74, 6) is -1.86. The molecule has 0 heterocycles. The molecule has 1 atom stereocenters. The fraction of sp³-hybridized carbons (Fsp3) is 0.300. The highest BCUT2D eigenvalue weighted by Crippen LogP contribution is 2.18. The Morgan fingerprint density at radius 1 is 1.03 bits per heavy atom. The van der Waals surface area contributed by atoms with Gasteiger partial charge in [0, 0.05) is 14.1 Å². The van der Waals surface area contributed by atoms with Gasteiger partial charge in [0.05, 0.1) is 10.9 Å². The summed E-state index contributed by atoms with van der Waals surface area (Å²) in [6.45, 7) is 0.764. The number of benzene rings is 2. The largest absolute Gasteiger partial charge is 0.455 e. The Morgan fingerprint density at radius 3 is 2.21 bits per heavy atom. The number of carbonyl (C=O) groups excluding carboxylic acids is 2. The van der Waals surface area contributed by atoms with Crippen molar-refractivity contribution in [3.63, 3.8) is 0 Å². The van der Waals surface area contributed by atoms with Crippen molar-refractivity contribution in [1.29, 1.82) is 0 Å². The summed E-state index contributed by atoms with van der Waals surface area (Å²) in [7, 11) is -1.19. The number of likely N-dealkylation sites (N-methyl/N-ethyl adjacent to an activating group) is 2. The number of halogens is 1. The molecule has 0 fully saturated rings. The van der Waals surface area contributed by atoms with Gasteiger partial charge in [-0.2, -0.15) is 4.31 Å². The number of amides is 1. The van der Waals surface area contributed by atoms with Gasteiger partial charge >= 0.3 is 5.97 Å². The van der Waals surface area contributed by atoms with Gasteiger partial charge in [-0.3, -0.25) is 9.59 Å². The number of rotatable bonds is 8. The molecule has 0 radical (unpaired) electrons. The molecule has 2 aromatic rings. The average Bonchev–Trinajstić information content (AvgIpc) is 2.71. The van der Waals surface area contributed by atoms with Crippen molar-refractivity contribution < 1.29 is 27.1 Å². The van der Waals surface area contributed by atoms with Crippen molar-refractivity contribution in [2.24, 2.45) is 0 Å². The monoisotopic (exact) mass is 422 g/mol. The van der Waals surface area contributed by atoms with Gasteiger partial charge in [-0.1, -0.05) is 30.3 Å². The Morgan fingerprint density at radius 2 is 1.62 bits per heavy atom.